The molecule has 0 bridgehead atoms. The van der Waals surface area contributed by atoms with Crippen LogP contribution in [0.4, 0.5) is 0 Å². The van der Waals surface area contributed by atoms with Gasteiger partial charge in [0.05, 0.1) is 0 Å². The van der Waals surface area contributed by atoms with E-state index in [9.17, 15) is 0 Å². The van der Waals surface area contributed by atoms with Crippen molar-refractivity contribution in [2.75, 3.05) is 0 Å². The molecule has 1 rings (SSSR count). The highest BCUT2D eigenvalue weighted by Crippen LogP contribution is 2.70. The molecular formula is C16H30. The van der Waals surface area contributed by atoms with Gasteiger partial charge in [0, 0.05) is 0 Å². The molecule has 1 aliphatic carbocycles. The average Bonchev–Trinajstić information content (AvgIpc) is 2.70. The third-order valence-corrected chi connectivity index (χ3v) is 5.02. The van der Waals surface area contributed by atoms with Gasteiger partial charge in [-0.3, -0.25) is 0 Å². The van der Waals surface area contributed by atoms with E-state index in [1.807, 2.05) is 0 Å². The average molecular weight is 222 g/mol. The Hall–Kier alpha value is -0.260. The van der Waals surface area contributed by atoms with Crippen LogP contribution < -0.4 is 0 Å². The lowest BCUT2D eigenvalue weighted by atomic mass is 9.78. The molecule has 0 nitrogen and oxygen atoms in total. The number of rotatable bonds is 6. The van der Waals surface area contributed by atoms with Gasteiger partial charge in [-0.25, -0.2) is 0 Å². The fraction of sp³-hybridized carbons (Fsp3) is 0.875. The Labute approximate surface area is 103 Å². The third-order valence-electron chi connectivity index (χ3n) is 5.02. The summed E-state index contributed by atoms with van der Waals surface area (Å²) in [6.07, 6.45) is 9.95. The van der Waals surface area contributed by atoms with Crippen molar-refractivity contribution >= 4 is 0 Å². The summed E-state index contributed by atoms with van der Waals surface area (Å²) in [4.78, 5) is 0. The molecule has 0 N–H and O–H groups in total. The van der Waals surface area contributed by atoms with Crippen LogP contribution in [0, 0.1) is 22.7 Å². The van der Waals surface area contributed by atoms with Gasteiger partial charge in [-0.1, -0.05) is 46.8 Å². The van der Waals surface area contributed by atoms with Crippen molar-refractivity contribution in [3.8, 4) is 0 Å². The molecule has 1 fully saturated rings. The molecule has 0 aromatic heterocycles. The van der Waals surface area contributed by atoms with Gasteiger partial charge >= 0.3 is 0 Å². The standard InChI is InChI=1S/C16H30/c1-7-8-9-10-15(5)12-16(15,6)14(4)11-13(2)3/h7-8,13-14H,9-12H2,1-6H3. The molecule has 1 saturated carbocycles. The Morgan fingerprint density at radius 3 is 2.31 bits per heavy atom. The van der Waals surface area contributed by atoms with Crippen molar-refractivity contribution in [2.24, 2.45) is 22.7 Å². The predicted molar refractivity (Wildman–Crippen MR) is 73.5 cm³/mol. The smallest absolute Gasteiger partial charge is 0.0240 e. The van der Waals surface area contributed by atoms with Crippen LogP contribution in [0.2, 0.25) is 0 Å². The second-order valence-corrected chi connectivity index (χ2v) is 6.79. The number of hydrogen-bond acceptors (Lipinski definition) is 0. The lowest BCUT2D eigenvalue weighted by Gasteiger charge is -2.26. The zero-order chi connectivity index (χ0) is 12.4. The second kappa shape index (κ2) is 4.94. The second-order valence-electron chi connectivity index (χ2n) is 6.79. The lowest BCUT2D eigenvalue weighted by Crippen LogP contribution is -2.18. The molecule has 0 aliphatic heterocycles. The van der Waals surface area contributed by atoms with E-state index < -0.39 is 0 Å². The summed E-state index contributed by atoms with van der Waals surface area (Å²) in [6.45, 7) is 14.3. The highest BCUT2D eigenvalue weighted by atomic mass is 14.7. The van der Waals surface area contributed by atoms with E-state index >= 15 is 0 Å². The van der Waals surface area contributed by atoms with Gasteiger partial charge in [0.1, 0.15) is 0 Å². The lowest BCUT2D eigenvalue weighted by molar-refractivity contribution is 0.232. The van der Waals surface area contributed by atoms with E-state index in [0.29, 0.717) is 10.8 Å². The number of hydrogen-bond donors (Lipinski definition) is 0. The Morgan fingerprint density at radius 2 is 1.81 bits per heavy atom. The van der Waals surface area contributed by atoms with E-state index in [-0.39, 0.29) is 0 Å². The summed E-state index contributed by atoms with van der Waals surface area (Å²) in [6, 6.07) is 0. The SMILES string of the molecule is CC=CCCC1(C)CC1(C)C(C)CC(C)C. The van der Waals surface area contributed by atoms with Gasteiger partial charge in [-0.2, -0.15) is 0 Å². The Kier molecular flexibility index (Phi) is 4.26. The Balaban J connectivity index is 2.49. The maximum Gasteiger partial charge on any atom is -0.0240 e. The summed E-state index contributed by atoms with van der Waals surface area (Å²) in [5.41, 5.74) is 1.22. The molecule has 0 aromatic carbocycles. The van der Waals surface area contributed by atoms with Gasteiger partial charge in [0.15, 0.2) is 0 Å². The van der Waals surface area contributed by atoms with Crippen molar-refractivity contribution in [3.05, 3.63) is 12.2 Å². The predicted octanol–water partition coefficient (Wildman–Crippen LogP) is 5.44. The molecule has 16 heavy (non-hydrogen) atoms. The summed E-state index contributed by atoms with van der Waals surface area (Å²) < 4.78 is 0. The first-order chi connectivity index (χ1) is 7.35. The summed E-state index contributed by atoms with van der Waals surface area (Å²) >= 11 is 0. The minimum Gasteiger partial charge on any atom is -0.0917 e. The quantitative estimate of drug-likeness (QED) is 0.525. The molecule has 0 heterocycles. The van der Waals surface area contributed by atoms with Gasteiger partial charge < -0.3 is 0 Å². The minimum atomic E-state index is 0.610. The van der Waals surface area contributed by atoms with E-state index in [2.05, 4.69) is 53.7 Å². The first-order valence-electron chi connectivity index (χ1n) is 6.97. The molecule has 0 spiro atoms. The minimum absolute atomic E-state index is 0.610. The van der Waals surface area contributed by atoms with Gasteiger partial charge in [0.2, 0.25) is 0 Å². The zero-order valence-corrected chi connectivity index (χ0v) is 12.1. The summed E-state index contributed by atoms with van der Waals surface area (Å²) in [5.74, 6) is 1.72. The van der Waals surface area contributed by atoms with E-state index in [1.54, 1.807) is 0 Å². The zero-order valence-electron chi connectivity index (χ0n) is 12.1. The molecule has 3 unspecified atom stereocenters. The third kappa shape index (κ3) is 2.70. The largest absolute Gasteiger partial charge is 0.0917 e. The van der Waals surface area contributed by atoms with Crippen LogP contribution >= 0.6 is 0 Å². The summed E-state index contributed by atoms with van der Waals surface area (Å²) in [7, 11) is 0. The first kappa shape index (κ1) is 13.8. The van der Waals surface area contributed by atoms with Gasteiger partial charge in [-0.15, -0.1) is 0 Å². The fourth-order valence-electron chi connectivity index (χ4n) is 3.45. The van der Waals surface area contributed by atoms with E-state index in [4.69, 9.17) is 0 Å². The maximum atomic E-state index is 2.51. The van der Waals surface area contributed by atoms with Gasteiger partial charge in [-0.05, 0) is 55.3 Å². The van der Waals surface area contributed by atoms with Crippen molar-refractivity contribution in [2.45, 2.75) is 67.2 Å². The molecule has 0 aromatic rings. The van der Waals surface area contributed by atoms with Crippen LogP contribution in [0.3, 0.4) is 0 Å². The molecule has 0 saturated heterocycles. The van der Waals surface area contributed by atoms with Crippen LogP contribution in [-0.4, -0.2) is 0 Å². The molecule has 1 aliphatic rings. The van der Waals surface area contributed by atoms with Crippen LogP contribution in [0.15, 0.2) is 12.2 Å². The van der Waals surface area contributed by atoms with E-state index in [0.717, 1.165) is 11.8 Å². The van der Waals surface area contributed by atoms with Crippen LogP contribution in [-0.2, 0) is 0 Å². The maximum absolute atomic E-state index is 2.51. The topological polar surface area (TPSA) is 0 Å². The van der Waals surface area contributed by atoms with Crippen molar-refractivity contribution in [1.29, 1.82) is 0 Å². The highest BCUT2D eigenvalue weighted by molar-refractivity contribution is 5.11. The van der Waals surface area contributed by atoms with Crippen molar-refractivity contribution in [3.63, 3.8) is 0 Å². The van der Waals surface area contributed by atoms with Crippen LogP contribution in [0.25, 0.3) is 0 Å². The molecule has 0 heteroatoms. The molecule has 0 radical (unpaired) electrons. The van der Waals surface area contributed by atoms with Crippen LogP contribution in [0.5, 0.6) is 0 Å². The first-order valence-corrected chi connectivity index (χ1v) is 6.97. The summed E-state index contributed by atoms with van der Waals surface area (Å²) in [5, 5.41) is 0. The molecule has 0 amide bonds. The fourth-order valence-corrected chi connectivity index (χ4v) is 3.45. The molecule has 3 atom stereocenters. The highest BCUT2D eigenvalue weighted by Gasteiger charge is 2.61. The molecule has 94 valence electrons. The van der Waals surface area contributed by atoms with Crippen molar-refractivity contribution < 1.29 is 0 Å². The normalized spacial score (nSPS) is 35.9. The van der Waals surface area contributed by atoms with Crippen LogP contribution in [0.1, 0.15) is 67.2 Å². The number of allylic oxidation sites excluding steroid dienone is 2. The monoisotopic (exact) mass is 222 g/mol. The Morgan fingerprint density at radius 1 is 1.19 bits per heavy atom. The van der Waals surface area contributed by atoms with Crippen molar-refractivity contribution in [1.82, 2.24) is 0 Å². The van der Waals surface area contributed by atoms with E-state index in [1.165, 1.54) is 25.7 Å². The Bertz CT molecular complexity index is 251. The molecular weight excluding hydrogens is 192 g/mol. The van der Waals surface area contributed by atoms with Gasteiger partial charge in [0.25, 0.3) is 0 Å².